The molecule has 0 fully saturated rings. The van der Waals surface area contributed by atoms with Crippen molar-refractivity contribution in [3.63, 3.8) is 0 Å². The van der Waals surface area contributed by atoms with E-state index in [1.54, 1.807) is 18.2 Å². The molecule has 0 saturated heterocycles. The Morgan fingerprint density at radius 1 is 1.00 bits per heavy atom. The van der Waals surface area contributed by atoms with Crippen molar-refractivity contribution in [1.29, 1.82) is 0 Å². The van der Waals surface area contributed by atoms with Gasteiger partial charge in [-0.3, -0.25) is 10.1 Å². The highest BCUT2D eigenvalue weighted by atomic mass is 16.5. The summed E-state index contributed by atoms with van der Waals surface area (Å²) in [5, 5.41) is 6.40. The summed E-state index contributed by atoms with van der Waals surface area (Å²) in [5.74, 6) is -0.234. The molecule has 0 saturated carbocycles. The van der Waals surface area contributed by atoms with Crippen molar-refractivity contribution in [3.05, 3.63) is 71.9 Å². The molecule has 6 nitrogen and oxygen atoms in total. The van der Waals surface area contributed by atoms with E-state index in [-0.39, 0.29) is 5.91 Å². The van der Waals surface area contributed by atoms with Crippen LogP contribution in [-0.4, -0.2) is 24.1 Å². The second-order valence-corrected chi connectivity index (χ2v) is 5.39. The molecule has 126 valence electrons. The van der Waals surface area contributed by atoms with Crippen LogP contribution in [-0.2, 0) is 11.3 Å². The molecule has 1 heterocycles. The number of ether oxygens (including phenoxy) is 1. The topological polar surface area (TPSA) is 80.3 Å². The lowest BCUT2D eigenvalue weighted by atomic mass is 10.2. The van der Waals surface area contributed by atoms with Gasteiger partial charge in [0.1, 0.15) is 5.69 Å². The van der Waals surface area contributed by atoms with Crippen LogP contribution in [0.4, 0.5) is 10.5 Å². The minimum atomic E-state index is -0.525. The zero-order chi connectivity index (χ0) is 17.6. The molecule has 2 amide bonds. The van der Waals surface area contributed by atoms with E-state index in [1.807, 2.05) is 42.5 Å². The molecular weight excluding hydrogens is 318 g/mol. The monoisotopic (exact) mass is 335 g/mol. The number of benzene rings is 2. The van der Waals surface area contributed by atoms with Gasteiger partial charge in [-0.05, 0) is 29.8 Å². The molecular formula is C19H17N3O3. The summed E-state index contributed by atoms with van der Waals surface area (Å²) in [7, 11) is 1.31. The number of carbonyl (C=O) groups excluding carboxylic acids is 2. The van der Waals surface area contributed by atoms with Crippen molar-refractivity contribution >= 4 is 28.6 Å². The zero-order valence-electron chi connectivity index (χ0n) is 13.7. The molecule has 0 aliphatic rings. The maximum Gasteiger partial charge on any atom is 0.411 e. The average molecular weight is 335 g/mol. The molecule has 1 aromatic heterocycles. The first kappa shape index (κ1) is 16.4. The molecule has 0 aliphatic carbocycles. The zero-order valence-corrected chi connectivity index (χ0v) is 13.7. The fourth-order valence-corrected chi connectivity index (χ4v) is 2.34. The SMILES string of the molecule is COC(=O)Nc1ccc(CNC(=O)c2ccc3ccccc3n2)cc1. The largest absolute Gasteiger partial charge is 0.453 e. The molecule has 3 aromatic rings. The Kier molecular flexibility index (Phi) is 4.89. The first-order valence-electron chi connectivity index (χ1n) is 7.73. The number of pyridine rings is 1. The molecule has 0 aliphatic heterocycles. The molecule has 3 rings (SSSR count). The molecule has 0 spiro atoms. The third-order valence-corrected chi connectivity index (χ3v) is 3.67. The Balaban J connectivity index is 1.62. The van der Waals surface area contributed by atoms with Crippen LogP contribution >= 0.6 is 0 Å². The molecule has 0 unspecified atom stereocenters. The van der Waals surface area contributed by atoms with E-state index >= 15 is 0 Å². The lowest BCUT2D eigenvalue weighted by molar-refractivity contribution is 0.0946. The Hall–Kier alpha value is -3.41. The summed E-state index contributed by atoms with van der Waals surface area (Å²) in [4.78, 5) is 27.8. The van der Waals surface area contributed by atoms with E-state index in [9.17, 15) is 9.59 Å². The van der Waals surface area contributed by atoms with E-state index in [2.05, 4.69) is 20.4 Å². The van der Waals surface area contributed by atoms with Gasteiger partial charge < -0.3 is 10.1 Å². The Bertz CT molecular complexity index is 907. The van der Waals surface area contributed by atoms with Crippen LogP contribution in [0.25, 0.3) is 10.9 Å². The van der Waals surface area contributed by atoms with Gasteiger partial charge in [-0.2, -0.15) is 0 Å². The Labute approximate surface area is 144 Å². The number of methoxy groups -OCH3 is 1. The van der Waals surface area contributed by atoms with Crippen LogP contribution in [0.3, 0.4) is 0 Å². The van der Waals surface area contributed by atoms with Crippen LogP contribution in [0.2, 0.25) is 0 Å². The number of carbonyl (C=O) groups is 2. The number of nitrogens with one attached hydrogen (secondary N) is 2. The number of hydrogen-bond acceptors (Lipinski definition) is 4. The highest BCUT2D eigenvalue weighted by Crippen LogP contribution is 2.12. The second-order valence-electron chi connectivity index (χ2n) is 5.39. The number of hydrogen-bond donors (Lipinski definition) is 2. The summed E-state index contributed by atoms with van der Waals surface area (Å²) in [6, 6.07) is 18.4. The van der Waals surface area contributed by atoms with Crippen molar-refractivity contribution in [1.82, 2.24) is 10.3 Å². The predicted molar refractivity (Wildman–Crippen MR) is 95.4 cm³/mol. The minimum absolute atomic E-state index is 0.234. The van der Waals surface area contributed by atoms with Crippen LogP contribution in [0.15, 0.2) is 60.7 Å². The molecule has 2 N–H and O–H groups in total. The van der Waals surface area contributed by atoms with E-state index in [1.165, 1.54) is 7.11 Å². The number of nitrogens with zero attached hydrogens (tertiary/aromatic N) is 1. The molecule has 2 aromatic carbocycles. The van der Waals surface area contributed by atoms with Gasteiger partial charge in [0.15, 0.2) is 0 Å². The fraction of sp³-hybridized carbons (Fsp3) is 0.105. The van der Waals surface area contributed by atoms with E-state index in [0.29, 0.717) is 17.9 Å². The number of anilines is 1. The van der Waals surface area contributed by atoms with Gasteiger partial charge in [0.05, 0.1) is 12.6 Å². The third-order valence-electron chi connectivity index (χ3n) is 3.67. The first-order chi connectivity index (χ1) is 12.2. The average Bonchev–Trinajstić information content (AvgIpc) is 2.66. The van der Waals surface area contributed by atoms with Crippen molar-refractivity contribution in [2.24, 2.45) is 0 Å². The number of aromatic nitrogens is 1. The van der Waals surface area contributed by atoms with Gasteiger partial charge in [-0.15, -0.1) is 0 Å². The number of fused-ring (bicyclic) bond motifs is 1. The second kappa shape index (κ2) is 7.44. The summed E-state index contributed by atoms with van der Waals surface area (Å²) in [6.07, 6.45) is -0.525. The molecule has 0 atom stereocenters. The summed E-state index contributed by atoms with van der Waals surface area (Å²) in [5.41, 5.74) is 2.69. The van der Waals surface area contributed by atoms with Gasteiger partial charge in [0.2, 0.25) is 0 Å². The summed E-state index contributed by atoms with van der Waals surface area (Å²) >= 11 is 0. The Morgan fingerprint density at radius 3 is 2.52 bits per heavy atom. The maximum absolute atomic E-state index is 12.3. The minimum Gasteiger partial charge on any atom is -0.453 e. The van der Waals surface area contributed by atoms with E-state index < -0.39 is 6.09 Å². The van der Waals surface area contributed by atoms with Crippen molar-refractivity contribution in [3.8, 4) is 0 Å². The lowest BCUT2D eigenvalue weighted by Crippen LogP contribution is -2.23. The van der Waals surface area contributed by atoms with Gasteiger partial charge >= 0.3 is 6.09 Å². The molecule has 0 bridgehead atoms. The molecule has 25 heavy (non-hydrogen) atoms. The number of amides is 2. The van der Waals surface area contributed by atoms with Gasteiger partial charge in [0, 0.05) is 17.6 Å². The molecule has 6 heteroatoms. The van der Waals surface area contributed by atoms with Crippen molar-refractivity contribution in [2.45, 2.75) is 6.54 Å². The van der Waals surface area contributed by atoms with Crippen LogP contribution < -0.4 is 10.6 Å². The standard InChI is InChI=1S/C19H17N3O3/c1-25-19(24)21-15-9-6-13(7-10-15)12-20-18(23)17-11-8-14-4-2-3-5-16(14)22-17/h2-11H,12H2,1H3,(H,20,23)(H,21,24). The summed E-state index contributed by atoms with van der Waals surface area (Å²) < 4.78 is 4.53. The van der Waals surface area contributed by atoms with E-state index in [4.69, 9.17) is 0 Å². The normalized spacial score (nSPS) is 10.3. The van der Waals surface area contributed by atoms with Gasteiger partial charge in [-0.1, -0.05) is 36.4 Å². The van der Waals surface area contributed by atoms with Crippen molar-refractivity contribution < 1.29 is 14.3 Å². The van der Waals surface area contributed by atoms with Crippen LogP contribution in [0, 0.1) is 0 Å². The number of rotatable bonds is 4. The Morgan fingerprint density at radius 2 is 1.76 bits per heavy atom. The highest BCUT2D eigenvalue weighted by molar-refractivity contribution is 5.94. The number of para-hydroxylation sites is 1. The summed E-state index contributed by atoms with van der Waals surface area (Å²) in [6.45, 7) is 0.367. The smallest absolute Gasteiger partial charge is 0.411 e. The highest BCUT2D eigenvalue weighted by Gasteiger charge is 2.08. The first-order valence-corrected chi connectivity index (χ1v) is 7.73. The fourth-order valence-electron chi connectivity index (χ4n) is 2.34. The van der Waals surface area contributed by atoms with E-state index in [0.717, 1.165) is 16.5 Å². The lowest BCUT2D eigenvalue weighted by Gasteiger charge is -2.07. The quantitative estimate of drug-likeness (QED) is 0.766. The van der Waals surface area contributed by atoms with Gasteiger partial charge in [-0.25, -0.2) is 9.78 Å². The van der Waals surface area contributed by atoms with Crippen LogP contribution in [0.1, 0.15) is 16.1 Å². The van der Waals surface area contributed by atoms with Crippen molar-refractivity contribution in [2.75, 3.05) is 12.4 Å². The molecule has 0 radical (unpaired) electrons. The van der Waals surface area contributed by atoms with Crippen LogP contribution in [0.5, 0.6) is 0 Å². The predicted octanol–water partition coefficient (Wildman–Crippen LogP) is 3.34. The van der Waals surface area contributed by atoms with Gasteiger partial charge in [0.25, 0.3) is 5.91 Å². The third kappa shape index (κ3) is 4.11. The maximum atomic E-state index is 12.3.